The lowest BCUT2D eigenvalue weighted by Crippen LogP contribution is -2.44. The van der Waals surface area contributed by atoms with E-state index < -0.39 is 0 Å². The maximum atomic E-state index is 13.2. The summed E-state index contributed by atoms with van der Waals surface area (Å²) in [4.78, 5) is 14.6. The number of anilines is 1. The quantitative estimate of drug-likeness (QED) is 0.892. The van der Waals surface area contributed by atoms with Crippen molar-refractivity contribution in [2.24, 2.45) is 5.92 Å². The van der Waals surface area contributed by atoms with Crippen molar-refractivity contribution in [1.29, 1.82) is 0 Å². The van der Waals surface area contributed by atoms with Gasteiger partial charge in [-0.05, 0) is 62.3 Å². The first-order valence-corrected chi connectivity index (χ1v) is 8.55. The number of carbonyl (C=O) groups is 1. The number of rotatable bonds is 5. The van der Waals surface area contributed by atoms with Gasteiger partial charge in [-0.1, -0.05) is 6.42 Å². The average Bonchev–Trinajstić information content (AvgIpc) is 2.97. The zero-order valence-electron chi connectivity index (χ0n) is 13.7. The van der Waals surface area contributed by atoms with Crippen LogP contribution in [0.2, 0.25) is 0 Å². The van der Waals surface area contributed by atoms with Crippen molar-refractivity contribution in [3.63, 3.8) is 0 Å². The third-order valence-electron chi connectivity index (χ3n) is 4.87. The SMILES string of the molecule is Cc1cc(F)ccc1NC(=O)N(CC1CCC1)C[C@H]1CCCO1. The summed E-state index contributed by atoms with van der Waals surface area (Å²) in [6, 6.07) is 4.32. The van der Waals surface area contributed by atoms with Gasteiger partial charge in [0.25, 0.3) is 0 Å². The summed E-state index contributed by atoms with van der Waals surface area (Å²) in [5.41, 5.74) is 1.40. The highest BCUT2D eigenvalue weighted by atomic mass is 19.1. The second-order valence-corrected chi connectivity index (χ2v) is 6.73. The zero-order chi connectivity index (χ0) is 16.2. The molecule has 4 nitrogen and oxygen atoms in total. The van der Waals surface area contributed by atoms with E-state index in [4.69, 9.17) is 4.74 Å². The summed E-state index contributed by atoms with van der Waals surface area (Å²) in [7, 11) is 0. The number of hydrogen-bond acceptors (Lipinski definition) is 2. The molecule has 1 atom stereocenters. The second kappa shape index (κ2) is 7.30. The number of urea groups is 1. The molecule has 1 aromatic rings. The lowest BCUT2D eigenvalue weighted by molar-refractivity contribution is 0.0748. The number of carbonyl (C=O) groups excluding carboxylic acids is 1. The Bertz CT molecular complexity index is 554. The first kappa shape index (κ1) is 16.2. The van der Waals surface area contributed by atoms with Gasteiger partial charge in [-0.3, -0.25) is 0 Å². The maximum Gasteiger partial charge on any atom is 0.321 e. The van der Waals surface area contributed by atoms with Crippen LogP contribution in [0.4, 0.5) is 14.9 Å². The van der Waals surface area contributed by atoms with Crippen LogP contribution in [0.25, 0.3) is 0 Å². The van der Waals surface area contributed by atoms with Crippen molar-refractivity contribution in [2.75, 3.05) is 25.0 Å². The highest BCUT2D eigenvalue weighted by Crippen LogP contribution is 2.28. The molecular formula is C18H25FN2O2. The summed E-state index contributed by atoms with van der Waals surface area (Å²) in [6.45, 7) is 4.02. The van der Waals surface area contributed by atoms with Gasteiger partial charge in [0, 0.05) is 25.4 Å². The number of benzene rings is 1. The van der Waals surface area contributed by atoms with Crippen molar-refractivity contribution < 1.29 is 13.9 Å². The fraction of sp³-hybridized carbons (Fsp3) is 0.611. The van der Waals surface area contributed by atoms with Crippen LogP contribution < -0.4 is 5.32 Å². The van der Waals surface area contributed by atoms with E-state index >= 15 is 0 Å². The molecule has 0 aromatic heterocycles. The smallest absolute Gasteiger partial charge is 0.321 e. The minimum absolute atomic E-state index is 0.109. The van der Waals surface area contributed by atoms with Crippen LogP contribution >= 0.6 is 0 Å². The minimum Gasteiger partial charge on any atom is -0.376 e. The van der Waals surface area contributed by atoms with Crippen molar-refractivity contribution >= 4 is 11.7 Å². The Morgan fingerprint density at radius 3 is 2.74 bits per heavy atom. The topological polar surface area (TPSA) is 41.6 Å². The van der Waals surface area contributed by atoms with E-state index in [0.29, 0.717) is 18.2 Å². The van der Waals surface area contributed by atoms with Crippen molar-refractivity contribution in [2.45, 2.75) is 45.1 Å². The fourth-order valence-corrected chi connectivity index (χ4v) is 3.22. The Hall–Kier alpha value is -1.62. The summed E-state index contributed by atoms with van der Waals surface area (Å²) >= 11 is 0. The maximum absolute atomic E-state index is 13.2. The fourth-order valence-electron chi connectivity index (χ4n) is 3.22. The van der Waals surface area contributed by atoms with Crippen molar-refractivity contribution in [3.05, 3.63) is 29.6 Å². The van der Waals surface area contributed by atoms with Gasteiger partial charge in [-0.15, -0.1) is 0 Å². The highest BCUT2D eigenvalue weighted by Gasteiger charge is 2.27. The number of hydrogen-bond donors (Lipinski definition) is 1. The number of nitrogens with one attached hydrogen (secondary N) is 1. The second-order valence-electron chi connectivity index (χ2n) is 6.73. The molecule has 1 N–H and O–H groups in total. The predicted octanol–water partition coefficient (Wildman–Crippen LogP) is 3.95. The van der Waals surface area contributed by atoms with Crippen LogP contribution in [0.3, 0.4) is 0 Å². The molecule has 2 fully saturated rings. The van der Waals surface area contributed by atoms with Crippen LogP contribution in [0.15, 0.2) is 18.2 Å². The molecule has 1 aromatic carbocycles. The molecule has 1 saturated heterocycles. The molecule has 1 saturated carbocycles. The van der Waals surface area contributed by atoms with Crippen LogP contribution in [-0.4, -0.2) is 36.7 Å². The van der Waals surface area contributed by atoms with Crippen LogP contribution in [0, 0.1) is 18.7 Å². The van der Waals surface area contributed by atoms with Gasteiger partial charge < -0.3 is 15.0 Å². The van der Waals surface area contributed by atoms with E-state index in [2.05, 4.69) is 5.32 Å². The Kier molecular flexibility index (Phi) is 5.16. The number of halogens is 1. The van der Waals surface area contributed by atoms with Gasteiger partial charge in [0.1, 0.15) is 5.82 Å². The molecule has 0 unspecified atom stereocenters. The Balaban J connectivity index is 1.65. The van der Waals surface area contributed by atoms with Gasteiger partial charge in [0.2, 0.25) is 0 Å². The minimum atomic E-state index is -0.286. The molecule has 23 heavy (non-hydrogen) atoms. The van der Waals surface area contributed by atoms with Crippen LogP contribution in [0.1, 0.15) is 37.7 Å². The number of amides is 2. The molecule has 5 heteroatoms. The van der Waals surface area contributed by atoms with E-state index in [1.54, 1.807) is 13.0 Å². The number of aryl methyl sites for hydroxylation is 1. The van der Waals surface area contributed by atoms with Gasteiger partial charge >= 0.3 is 6.03 Å². The van der Waals surface area contributed by atoms with E-state index in [1.165, 1.54) is 31.4 Å². The lowest BCUT2D eigenvalue weighted by Gasteiger charge is -2.33. The van der Waals surface area contributed by atoms with Crippen LogP contribution in [0.5, 0.6) is 0 Å². The van der Waals surface area contributed by atoms with Gasteiger partial charge in [0.05, 0.1) is 6.10 Å². The molecule has 0 spiro atoms. The monoisotopic (exact) mass is 320 g/mol. The molecule has 3 rings (SSSR count). The summed E-state index contributed by atoms with van der Waals surface area (Å²) < 4.78 is 18.9. The first-order chi connectivity index (χ1) is 11.1. The molecule has 1 aliphatic carbocycles. The Labute approximate surface area is 137 Å². The number of nitrogens with zero attached hydrogens (tertiary/aromatic N) is 1. The summed E-state index contributed by atoms with van der Waals surface area (Å²) in [6.07, 6.45) is 5.90. The Morgan fingerprint density at radius 2 is 2.13 bits per heavy atom. The highest BCUT2D eigenvalue weighted by molar-refractivity contribution is 5.90. The van der Waals surface area contributed by atoms with Crippen LogP contribution in [-0.2, 0) is 4.74 Å². The first-order valence-electron chi connectivity index (χ1n) is 8.55. The van der Waals surface area contributed by atoms with E-state index in [-0.39, 0.29) is 18.0 Å². The molecule has 1 heterocycles. The predicted molar refractivity (Wildman–Crippen MR) is 88.0 cm³/mol. The van der Waals surface area contributed by atoms with Gasteiger partial charge in [-0.25, -0.2) is 9.18 Å². The largest absolute Gasteiger partial charge is 0.376 e. The number of ether oxygens (including phenoxy) is 1. The van der Waals surface area contributed by atoms with Crippen molar-refractivity contribution in [3.8, 4) is 0 Å². The molecule has 0 radical (unpaired) electrons. The standard InChI is InChI=1S/C18H25FN2O2/c1-13-10-15(19)7-8-17(13)20-18(22)21(11-14-4-2-5-14)12-16-6-3-9-23-16/h7-8,10,14,16H,2-6,9,11-12H2,1H3,(H,20,22)/t16-/m1/s1. The van der Waals surface area contributed by atoms with Crippen molar-refractivity contribution in [1.82, 2.24) is 4.90 Å². The van der Waals surface area contributed by atoms with E-state index in [1.807, 2.05) is 4.90 Å². The van der Waals surface area contributed by atoms with E-state index in [9.17, 15) is 9.18 Å². The van der Waals surface area contributed by atoms with E-state index in [0.717, 1.165) is 31.6 Å². The summed E-state index contributed by atoms with van der Waals surface area (Å²) in [5, 5.41) is 2.93. The molecule has 126 valence electrons. The van der Waals surface area contributed by atoms with Gasteiger partial charge in [0.15, 0.2) is 0 Å². The molecule has 2 aliphatic rings. The summed E-state index contributed by atoms with van der Waals surface area (Å²) in [5.74, 6) is 0.322. The normalized spacial score (nSPS) is 21.0. The van der Waals surface area contributed by atoms with Gasteiger partial charge in [-0.2, -0.15) is 0 Å². The third-order valence-corrected chi connectivity index (χ3v) is 4.87. The lowest BCUT2D eigenvalue weighted by atomic mass is 9.85. The average molecular weight is 320 g/mol. The Morgan fingerprint density at radius 1 is 1.30 bits per heavy atom. The third kappa shape index (κ3) is 4.22. The zero-order valence-corrected chi connectivity index (χ0v) is 13.7. The molecule has 0 bridgehead atoms. The molecular weight excluding hydrogens is 295 g/mol. The molecule has 1 aliphatic heterocycles. The molecule has 2 amide bonds.